The largest absolute Gasteiger partial charge is 0.352 e. The number of nitrogens with zero attached hydrogens (tertiary/aromatic N) is 1. The van der Waals surface area contributed by atoms with Gasteiger partial charge in [-0.25, -0.2) is 8.42 Å². The third kappa shape index (κ3) is 8.39. The first-order chi connectivity index (χ1) is 13.4. The molecular weight excluding hydrogens is 378 g/mol. The average molecular weight is 410 g/mol. The molecule has 28 heavy (non-hydrogen) atoms. The second-order valence-corrected chi connectivity index (χ2v) is 9.52. The minimum absolute atomic E-state index is 0.0354. The van der Waals surface area contributed by atoms with Crippen molar-refractivity contribution in [3.05, 3.63) is 30.3 Å². The molecule has 0 spiro atoms. The van der Waals surface area contributed by atoms with Crippen molar-refractivity contribution < 1.29 is 18.0 Å². The number of carbonyl (C=O) groups excluding carboxylic acids is 2. The Morgan fingerprint density at radius 1 is 1.07 bits per heavy atom. The molecule has 0 unspecified atom stereocenters. The summed E-state index contributed by atoms with van der Waals surface area (Å²) in [7, 11) is -3.34. The summed E-state index contributed by atoms with van der Waals surface area (Å²) in [6.07, 6.45) is 3.83. The van der Waals surface area contributed by atoms with Gasteiger partial charge in [0.15, 0.2) is 9.84 Å². The van der Waals surface area contributed by atoms with Crippen LogP contribution in [0.5, 0.6) is 0 Å². The van der Waals surface area contributed by atoms with Crippen LogP contribution in [-0.4, -0.2) is 62.3 Å². The van der Waals surface area contributed by atoms with Gasteiger partial charge in [-0.2, -0.15) is 0 Å². The fraction of sp³-hybridized carbons (Fsp3) is 0.600. The summed E-state index contributed by atoms with van der Waals surface area (Å²) in [5, 5.41) is 5.70. The molecule has 8 heteroatoms. The van der Waals surface area contributed by atoms with Crippen molar-refractivity contribution in [3.63, 3.8) is 0 Å². The maximum atomic E-state index is 12.1. The maximum Gasteiger partial charge on any atom is 0.238 e. The molecule has 156 valence electrons. The molecule has 0 aliphatic carbocycles. The van der Waals surface area contributed by atoms with Gasteiger partial charge in [-0.15, -0.1) is 0 Å². The van der Waals surface area contributed by atoms with E-state index in [-0.39, 0.29) is 17.7 Å². The lowest BCUT2D eigenvalue weighted by molar-refractivity contribution is -0.120. The smallest absolute Gasteiger partial charge is 0.238 e. The van der Waals surface area contributed by atoms with E-state index in [1.165, 1.54) is 0 Å². The number of para-hydroxylation sites is 1. The molecule has 1 fully saturated rings. The molecule has 0 aromatic heterocycles. The summed E-state index contributed by atoms with van der Waals surface area (Å²) >= 11 is 0. The molecule has 2 rings (SSSR count). The molecule has 0 saturated carbocycles. The van der Waals surface area contributed by atoms with Gasteiger partial charge in [0, 0.05) is 24.8 Å². The Balaban J connectivity index is 1.67. The van der Waals surface area contributed by atoms with Crippen molar-refractivity contribution in [3.8, 4) is 0 Å². The Morgan fingerprint density at radius 2 is 1.75 bits per heavy atom. The fourth-order valence-corrected chi connectivity index (χ4v) is 4.54. The lowest BCUT2D eigenvalue weighted by atomic mass is 10.1. The van der Waals surface area contributed by atoms with Crippen LogP contribution in [0.1, 0.15) is 39.0 Å². The molecule has 0 atom stereocenters. The molecule has 2 N–H and O–H groups in total. The van der Waals surface area contributed by atoms with Crippen molar-refractivity contribution >= 4 is 27.3 Å². The number of rotatable bonds is 10. The summed E-state index contributed by atoms with van der Waals surface area (Å²) < 4.78 is 23.9. The Morgan fingerprint density at radius 3 is 2.39 bits per heavy atom. The number of benzene rings is 1. The van der Waals surface area contributed by atoms with Gasteiger partial charge in [0.25, 0.3) is 0 Å². The highest BCUT2D eigenvalue weighted by atomic mass is 32.2. The van der Waals surface area contributed by atoms with Crippen LogP contribution in [0, 0.1) is 0 Å². The van der Waals surface area contributed by atoms with E-state index in [1.807, 2.05) is 42.2 Å². The zero-order valence-electron chi connectivity index (χ0n) is 16.5. The third-order valence-electron chi connectivity index (χ3n) is 4.79. The van der Waals surface area contributed by atoms with Crippen molar-refractivity contribution in [2.24, 2.45) is 0 Å². The van der Waals surface area contributed by atoms with Crippen LogP contribution in [0.15, 0.2) is 30.3 Å². The molecule has 1 aliphatic rings. The normalized spacial score (nSPS) is 15.9. The van der Waals surface area contributed by atoms with E-state index in [2.05, 4.69) is 10.6 Å². The minimum atomic E-state index is -3.34. The van der Waals surface area contributed by atoms with E-state index in [4.69, 9.17) is 0 Å². The molecule has 1 heterocycles. The number of hydrogen-bond donors (Lipinski definition) is 2. The maximum absolute atomic E-state index is 12.1. The molecule has 0 bridgehead atoms. The zero-order chi connectivity index (χ0) is 20.4. The number of nitrogens with one attached hydrogen (secondary N) is 2. The predicted molar refractivity (Wildman–Crippen MR) is 111 cm³/mol. The van der Waals surface area contributed by atoms with Gasteiger partial charge in [0.05, 0.1) is 12.3 Å². The first-order valence-corrected chi connectivity index (χ1v) is 11.8. The summed E-state index contributed by atoms with van der Waals surface area (Å²) in [4.78, 5) is 26.2. The minimum Gasteiger partial charge on any atom is -0.352 e. The van der Waals surface area contributed by atoms with Crippen molar-refractivity contribution in [1.82, 2.24) is 10.2 Å². The average Bonchev–Trinajstić information content (AvgIpc) is 2.63. The number of carbonyl (C=O) groups is 2. The highest BCUT2D eigenvalue weighted by molar-refractivity contribution is 7.92. The van der Waals surface area contributed by atoms with Gasteiger partial charge in [-0.3, -0.25) is 14.5 Å². The van der Waals surface area contributed by atoms with Crippen LogP contribution in [0.4, 0.5) is 5.69 Å². The highest BCUT2D eigenvalue weighted by Gasteiger charge is 2.24. The Bertz CT molecular complexity index is 729. The second kappa shape index (κ2) is 11.2. The summed E-state index contributed by atoms with van der Waals surface area (Å²) in [5.41, 5.74) is 0.773. The van der Waals surface area contributed by atoms with Crippen LogP contribution in [0.2, 0.25) is 0 Å². The van der Waals surface area contributed by atoms with Gasteiger partial charge in [0.1, 0.15) is 5.75 Å². The highest BCUT2D eigenvalue weighted by Crippen LogP contribution is 2.11. The molecule has 0 radical (unpaired) electrons. The molecule has 1 aliphatic heterocycles. The topological polar surface area (TPSA) is 95.6 Å². The SMILES string of the molecule is CCCCCS(=O)(=O)CC(=O)NC1CCN(CC(=O)Nc2ccccc2)CC1. The summed E-state index contributed by atoms with van der Waals surface area (Å²) in [6, 6.07) is 9.28. The summed E-state index contributed by atoms with van der Waals surface area (Å²) in [5.74, 6) is -0.844. The van der Waals surface area contributed by atoms with Crippen molar-refractivity contribution in [1.29, 1.82) is 0 Å². The van der Waals surface area contributed by atoms with E-state index in [0.29, 0.717) is 38.9 Å². The number of anilines is 1. The van der Waals surface area contributed by atoms with Gasteiger partial charge in [-0.1, -0.05) is 38.0 Å². The van der Waals surface area contributed by atoms with E-state index >= 15 is 0 Å². The molecular formula is C20H31N3O4S. The number of sulfone groups is 1. The van der Waals surface area contributed by atoms with Crippen molar-refractivity contribution in [2.75, 3.05) is 36.5 Å². The van der Waals surface area contributed by atoms with Crippen LogP contribution in [-0.2, 0) is 19.4 Å². The van der Waals surface area contributed by atoms with Gasteiger partial charge in [0.2, 0.25) is 11.8 Å². The number of amides is 2. The number of piperidine rings is 1. The first kappa shape index (κ1) is 22.4. The van der Waals surface area contributed by atoms with Crippen molar-refractivity contribution in [2.45, 2.75) is 45.1 Å². The number of hydrogen-bond acceptors (Lipinski definition) is 5. The molecule has 1 aromatic rings. The van der Waals surface area contributed by atoms with Gasteiger partial charge >= 0.3 is 0 Å². The molecule has 2 amide bonds. The van der Waals surface area contributed by atoms with Crippen LogP contribution >= 0.6 is 0 Å². The van der Waals surface area contributed by atoms with Gasteiger partial charge in [-0.05, 0) is 31.4 Å². The quantitative estimate of drug-likeness (QED) is 0.575. The van der Waals surface area contributed by atoms with E-state index in [0.717, 1.165) is 18.5 Å². The van der Waals surface area contributed by atoms with E-state index in [9.17, 15) is 18.0 Å². The van der Waals surface area contributed by atoms with Crippen LogP contribution < -0.4 is 10.6 Å². The predicted octanol–water partition coefficient (Wildman–Crippen LogP) is 1.81. The lowest BCUT2D eigenvalue weighted by Crippen LogP contribution is -2.47. The van der Waals surface area contributed by atoms with E-state index in [1.54, 1.807) is 0 Å². The molecule has 7 nitrogen and oxygen atoms in total. The molecule has 1 aromatic carbocycles. The third-order valence-corrected chi connectivity index (χ3v) is 6.40. The monoisotopic (exact) mass is 409 g/mol. The Labute approximate surface area is 167 Å². The van der Waals surface area contributed by atoms with Crippen LogP contribution in [0.3, 0.4) is 0 Å². The fourth-order valence-electron chi connectivity index (χ4n) is 3.27. The van der Waals surface area contributed by atoms with Gasteiger partial charge < -0.3 is 10.6 Å². The molecule has 1 saturated heterocycles. The number of unbranched alkanes of at least 4 members (excludes halogenated alkanes) is 2. The van der Waals surface area contributed by atoms with Crippen LogP contribution in [0.25, 0.3) is 0 Å². The van der Waals surface area contributed by atoms with E-state index < -0.39 is 21.5 Å². The number of likely N-dealkylation sites (tertiary alicyclic amines) is 1. The summed E-state index contributed by atoms with van der Waals surface area (Å²) in [6.45, 7) is 3.70. The first-order valence-electron chi connectivity index (χ1n) is 9.95. The Hall–Kier alpha value is -1.93. The lowest BCUT2D eigenvalue weighted by Gasteiger charge is -2.31. The second-order valence-electron chi connectivity index (χ2n) is 7.33. The Kier molecular flexibility index (Phi) is 8.92. The zero-order valence-corrected chi connectivity index (χ0v) is 17.3. The standard InChI is InChI=1S/C20H31N3O4S/c1-2-3-7-14-28(26,27)16-20(25)22-18-10-12-23(13-11-18)15-19(24)21-17-8-5-4-6-9-17/h4-6,8-9,18H,2-3,7,10-16H2,1H3,(H,21,24)(H,22,25).